The Kier molecular flexibility index (Phi) is 6.49. The highest BCUT2D eigenvalue weighted by molar-refractivity contribution is 5.95. The molecular weight excluding hydrogens is 372 g/mol. The smallest absolute Gasteiger partial charge is 0.308 e. The number of ether oxygens (including phenoxy) is 1. The number of nitrogens with zero attached hydrogens (tertiary/aromatic N) is 1. The molecule has 1 fully saturated rings. The quantitative estimate of drug-likeness (QED) is 0.598. The van der Waals surface area contributed by atoms with Gasteiger partial charge in [-0.05, 0) is 55.2 Å². The molecule has 1 saturated heterocycles. The summed E-state index contributed by atoms with van der Waals surface area (Å²) in [4.78, 5) is 37.8. The number of amides is 2. The van der Waals surface area contributed by atoms with Gasteiger partial charge in [0.1, 0.15) is 11.5 Å². The van der Waals surface area contributed by atoms with Crippen LogP contribution < -0.4 is 10.1 Å². The zero-order valence-corrected chi connectivity index (χ0v) is 16.3. The minimum atomic E-state index is -0.428. The first-order chi connectivity index (χ1) is 13.9. The van der Waals surface area contributed by atoms with Crippen molar-refractivity contribution in [3.8, 4) is 11.5 Å². The highest BCUT2D eigenvalue weighted by Crippen LogP contribution is 2.21. The number of piperidine rings is 1. The van der Waals surface area contributed by atoms with Gasteiger partial charge in [0.05, 0.1) is 0 Å². The molecule has 0 bridgehead atoms. The van der Waals surface area contributed by atoms with Crippen molar-refractivity contribution in [2.24, 2.45) is 5.92 Å². The van der Waals surface area contributed by atoms with Gasteiger partial charge in [0.2, 0.25) is 0 Å². The summed E-state index contributed by atoms with van der Waals surface area (Å²) in [6.45, 7) is 3.05. The van der Waals surface area contributed by atoms with Crippen LogP contribution >= 0.6 is 0 Å². The molecule has 1 aliphatic heterocycles. The molecule has 0 spiro atoms. The van der Waals surface area contributed by atoms with Crippen LogP contribution in [-0.4, -0.2) is 47.4 Å². The topological polar surface area (TPSA) is 95.9 Å². The number of phenols is 1. The predicted octanol–water partition coefficient (Wildman–Crippen LogP) is 2.60. The SMILES string of the molecule is CC(=O)Oc1cccc(C(=O)N2CCC(CNC(=O)c3cccc(O)c3)CC2)c1. The van der Waals surface area contributed by atoms with E-state index in [0.717, 1.165) is 12.8 Å². The summed E-state index contributed by atoms with van der Waals surface area (Å²) >= 11 is 0. The molecule has 1 heterocycles. The number of likely N-dealkylation sites (tertiary alicyclic amines) is 1. The van der Waals surface area contributed by atoms with E-state index in [-0.39, 0.29) is 23.5 Å². The fourth-order valence-electron chi connectivity index (χ4n) is 3.37. The van der Waals surface area contributed by atoms with E-state index in [9.17, 15) is 19.5 Å². The van der Waals surface area contributed by atoms with Crippen molar-refractivity contribution < 1.29 is 24.2 Å². The monoisotopic (exact) mass is 396 g/mol. The maximum absolute atomic E-state index is 12.7. The fraction of sp³-hybridized carbons (Fsp3) is 0.318. The lowest BCUT2D eigenvalue weighted by Crippen LogP contribution is -2.41. The Bertz CT molecular complexity index is 904. The summed E-state index contributed by atoms with van der Waals surface area (Å²) in [5.41, 5.74) is 0.907. The molecule has 2 aromatic carbocycles. The Hall–Kier alpha value is -3.35. The van der Waals surface area contributed by atoms with E-state index < -0.39 is 5.97 Å². The number of hydrogen-bond acceptors (Lipinski definition) is 5. The predicted molar refractivity (Wildman–Crippen MR) is 107 cm³/mol. The summed E-state index contributed by atoms with van der Waals surface area (Å²) in [5, 5.41) is 12.4. The standard InChI is InChI=1S/C22H24N2O5/c1-15(25)29-20-7-3-5-18(13-20)22(28)24-10-8-16(9-11-24)14-23-21(27)17-4-2-6-19(26)12-17/h2-7,12-13,16,26H,8-11,14H2,1H3,(H,23,27). The highest BCUT2D eigenvalue weighted by Gasteiger charge is 2.24. The number of carbonyl (C=O) groups excluding carboxylic acids is 3. The minimum Gasteiger partial charge on any atom is -0.508 e. The number of benzene rings is 2. The fourth-order valence-corrected chi connectivity index (χ4v) is 3.37. The van der Waals surface area contributed by atoms with Gasteiger partial charge < -0.3 is 20.1 Å². The number of nitrogens with one attached hydrogen (secondary N) is 1. The second-order valence-corrected chi connectivity index (χ2v) is 7.12. The second kappa shape index (κ2) is 9.23. The minimum absolute atomic E-state index is 0.0576. The van der Waals surface area contributed by atoms with Crippen molar-refractivity contribution in [1.82, 2.24) is 10.2 Å². The third-order valence-electron chi connectivity index (χ3n) is 4.90. The molecule has 7 heteroatoms. The van der Waals surface area contributed by atoms with E-state index in [1.54, 1.807) is 41.3 Å². The van der Waals surface area contributed by atoms with Crippen LogP contribution in [0.4, 0.5) is 0 Å². The number of rotatable bonds is 5. The first-order valence-electron chi connectivity index (χ1n) is 9.57. The van der Waals surface area contributed by atoms with Crippen molar-refractivity contribution in [3.63, 3.8) is 0 Å². The Balaban J connectivity index is 1.49. The van der Waals surface area contributed by atoms with Crippen molar-refractivity contribution in [1.29, 1.82) is 0 Å². The molecule has 152 valence electrons. The Morgan fingerprint density at radius 1 is 1.07 bits per heavy atom. The maximum atomic E-state index is 12.7. The van der Waals surface area contributed by atoms with Gasteiger partial charge in [-0.15, -0.1) is 0 Å². The van der Waals surface area contributed by atoms with E-state index in [0.29, 0.717) is 36.5 Å². The van der Waals surface area contributed by atoms with Crippen LogP contribution in [0.3, 0.4) is 0 Å². The van der Waals surface area contributed by atoms with Gasteiger partial charge in [-0.1, -0.05) is 12.1 Å². The molecule has 2 N–H and O–H groups in total. The summed E-state index contributed by atoms with van der Waals surface area (Å²) in [6.07, 6.45) is 1.57. The van der Waals surface area contributed by atoms with Crippen LogP contribution in [-0.2, 0) is 4.79 Å². The molecule has 0 aromatic heterocycles. The van der Waals surface area contributed by atoms with Gasteiger partial charge >= 0.3 is 5.97 Å². The molecule has 3 rings (SSSR count). The van der Waals surface area contributed by atoms with Crippen molar-refractivity contribution in [2.75, 3.05) is 19.6 Å². The summed E-state index contributed by atoms with van der Waals surface area (Å²) in [6, 6.07) is 12.8. The Morgan fingerprint density at radius 3 is 2.45 bits per heavy atom. The van der Waals surface area contributed by atoms with Crippen LogP contribution in [0.2, 0.25) is 0 Å². The van der Waals surface area contributed by atoms with Crippen LogP contribution in [0, 0.1) is 5.92 Å². The molecule has 7 nitrogen and oxygen atoms in total. The zero-order chi connectivity index (χ0) is 20.8. The first-order valence-corrected chi connectivity index (χ1v) is 9.57. The summed E-state index contributed by atoms with van der Waals surface area (Å²) in [5.74, 6) is -0.0473. The molecule has 0 aliphatic carbocycles. The molecule has 0 radical (unpaired) electrons. The first kappa shape index (κ1) is 20.4. The molecule has 2 aromatic rings. The molecule has 1 aliphatic rings. The molecule has 0 unspecified atom stereocenters. The van der Waals surface area contributed by atoms with E-state index in [2.05, 4.69) is 5.32 Å². The van der Waals surface area contributed by atoms with Crippen molar-refractivity contribution in [2.45, 2.75) is 19.8 Å². The number of carbonyl (C=O) groups is 3. The van der Waals surface area contributed by atoms with Gasteiger partial charge in [0, 0.05) is 37.7 Å². The van der Waals surface area contributed by atoms with Gasteiger partial charge in [0.25, 0.3) is 11.8 Å². The normalized spacial score (nSPS) is 14.3. The molecule has 29 heavy (non-hydrogen) atoms. The summed E-state index contributed by atoms with van der Waals surface area (Å²) in [7, 11) is 0. The van der Waals surface area contributed by atoms with E-state index in [4.69, 9.17) is 4.74 Å². The van der Waals surface area contributed by atoms with Crippen LogP contribution in [0.5, 0.6) is 11.5 Å². The van der Waals surface area contributed by atoms with Gasteiger partial charge in [-0.2, -0.15) is 0 Å². The molecule has 0 atom stereocenters. The van der Waals surface area contributed by atoms with E-state index in [1.807, 2.05) is 0 Å². The van der Waals surface area contributed by atoms with Gasteiger partial charge in [0.15, 0.2) is 0 Å². The average molecular weight is 396 g/mol. The van der Waals surface area contributed by atoms with E-state index in [1.165, 1.54) is 19.1 Å². The summed E-state index contributed by atoms with van der Waals surface area (Å²) < 4.78 is 5.04. The zero-order valence-electron chi connectivity index (χ0n) is 16.3. The van der Waals surface area contributed by atoms with Crippen LogP contribution in [0.1, 0.15) is 40.5 Å². The Morgan fingerprint density at radius 2 is 1.76 bits per heavy atom. The number of hydrogen-bond donors (Lipinski definition) is 2. The van der Waals surface area contributed by atoms with E-state index >= 15 is 0 Å². The second-order valence-electron chi connectivity index (χ2n) is 7.12. The van der Waals surface area contributed by atoms with Gasteiger partial charge in [-0.25, -0.2) is 0 Å². The van der Waals surface area contributed by atoms with Gasteiger partial charge in [-0.3, -0.25) is 14.4 Å². The lowest BCUT2D eigenvalue weighted by Gasteiger charge is -2.32. The Labute approximate surface area is 169 Å². The lowest BCUT2D eigenvalue weighted by atomic mass is 9.96. The lowest BCUT2D eigenvalue weighted by molar-refractivity contribution is -0.131. The maximum Gasteiger partial charge on any atom is 0.308 e. The molecule has 2 amide bonds. The molecular formula is C22H24N2O5. The van der Waals surface area contributed by atoms with Crippen molar-refractivity contribution >= 4 is 17.8 Å². The third-order valence-corrected chi connectivity index (χ3v) is 4.90. The largest absolute Gasteiger partial charge is 0.508 e. The number of esters is 1. The highest BCUT2D eigenvalue weighted by atomic mass is 16.5. The van der Waals surface area contributed by atoms with Crippen molar-refractivity contribution in [3.05, 3.63) is 59.7 Å². The molecule has 0 saturated carbocycles. The van der Waals surface area contributed by atoms with Crippen LogP contribution in [0.25, 0.3) is 0 Å². The third kappa shape index (κ3) is 5.57. The van der Waals surface area contributed by atoms with Crippen LogP contribution in [0.15, 0.2) is 48.5 Å². The number of phenolic OH excluding ortho intramolecular Hbond substituents is 1. The number of aromatic hydroxyl groups is 1. The average Bonchev–Trinajstić information content (AvgIpc) is 2.71.